The van der Waals surface area contributed by atoms with Gasteiger partial charge in [0.2, 0.25) is 0 Å². The number of thioether (sulfide) groups is 1. The van der Waals surface area contributed by atoms with Crippen LogP contribution < -0.4 is 0 Å². The predicted octanol–water partition coefficient (Wildman–Crippen LogP) is 5.62. The Kier molecular flexibility index (Phi) is 5.60. The van der Waals surface area contributed by atoms with E-state index >= 15 is 0 Å². The summed E-state index contributed by atoms with van der Waals surface area (Å²) in [5.74, 6) is 1.46. The van der Waals surface area contributed by atoms with Gasteiger partial charge in [-0.2, -0.15) is 13.2 Å². The van der Waals surface area contributed by atoms with Crippen molar-refractivity contribution in [2.45, 2.75) is 18.0 Å². The molecule has 2 rings (SSSR count). The molecule has 2 nitrogen and oxygen atoms in total. The molecule has 0 aliphatic rings. The SMILES string of the molecule is CCSc1cc(C(F)(F)F)ccc1-c1cnc(C=CI)n1C. The van der Waals surface area contributed by atoms with Crippen LogP contribution in [0.15, 0.2) is 33.4 Å². The van der Waals surface area contributed by atoms with Crippen molar-refractivity contribution in [2.75, 3.05) is 5.75 Å². The number of rotatable bonds is 4. The molecule has 0 radical (unpaired) electrons. The van der Waals surface area contributed by atoms with E-state index in [0.717, 1.165) is 23.1 Å². The molecule has 1 aromatic heterocycles. The van der Waals surface area contributed by atoms with E-state index in [2.05, 4.69) is 27.6 Å². The summed E-state index contributed by atoms with van der Waals surface area (Å²) in [4.78, 5) is 4.91. The Bertz CT molecular complexity index is 693. The molecule has 0 unspecified atom stereocenters. The molecule has 0 amide bonds. The predicted molar refractivity (Wildman–Crippen MR) is 93.1 cm³/mol. The summed E-state index contributed by atoms with van der Waals surface area (Å²) in [6.45, 7) is 1.92. The van der Waals surface area contributed by atoms with Crippen LogP contribution in [-0.2, 0) is 13.2 Å². The summed E-state index contributed by atoms with van der Waals surface area (Å²) in [6, 6.07) is 3.86. The molecule has 0 aliphatic heterocycles. The molecule has 0 aliphatic carbocycles. The lowest BCUT2D eigenvalue weighted by molar-refractivity contribution is -0.137. The van der Waals surface area contributed by atoms with Gasteiger partial charge in [0.15, 0.2) is 0 Å². The van der Waals surface area contributed by atoms with Gasteiger partial charge in [-0.1, -0.05) is 35.6 Å². The van der Waals surface area contributed by atoms with Crippen molar-refractivity contribution >= 4 is 40.4 Å². The number of benzene rings is 1. The third-order valence-corrected chi connectivity index (χ3v) is 4.42. The second-order valence-corrected chi connectivity index (χ2v) is 6.52. The smallest absolute Gasteiger partial charge is 0.328 e. The first-order valence-electron chi connectivity index (χ1n) is 6.51. The number of hydrogen-bond acceptors (Lipinski definition) is 2. The van der Waals surface area contributed by atoms with E-state index in [1.165, 1.54) is 23.9 Å². The lowest BCUT2D eigenvalue weighted by Gasteiger charge is -2.13. The van der Waals surface area contributed by atoms with Crippen molar-refractivity contribution in [1.82, 2.24) is 9.55 Å². The molecule has 1 heterocycles. The van der Waals surface area contributed by atoms with Crippen molar-refractivity contribution < 1.29 is 13.2 Å². The molecule has 0 saturated heterocycles. The van der Waals surface area contributed by atoms with Crippen LogP contribution >= 0.6 is 34.4 Å². The van der Waals surface area contributed by atoms with Crippen LogP contribution in [0.2, 0.25) is 0 Å². The highest BCUT2D eigenvalue weighted by Crippen LogP contribution is 2.37. The van der Waals surface area contributed by atoms with Crippen LogP contribution in [0, 0.1) is 0 Å². The molecule has 0 bridgehead atoms. The average Bonchev–Trinajstić information content (AvgIpc) is 2.80. The molecule has 118 valence electrons. The topological polar surface area (TPSA) is 17.8 Å². The number of hydrogen-bond donors (Lipinski definition) is 0. The van der Waals surface area contributed by atoms with Crippen LogP contribution in [0.25, 0.3) is 17.3 Å². The zero-order chi connectivity index (χ0) is 16.3. The van der Waals surface area contributed by atoms with Crippen LogP contribution in [0.1, 0.15) is 18.3 Å². The minimum Gasteiger partial charge on any atom is -0.328 e. The Morgan fingerprint density at radius 2 is 2.09 bits per heavy atom. The lowest BCUT2D eigenvalue weighted by Crippen LogP contribution is -2.05. The summed E-state index contributed by atoms with van der Waals surface area (Å²) >= 11 is 3.50. The molecule has 0 fully saturated rings. The fraction of sp³-hybridized carbons (Fsp3) is 0.267. The lowest BCUT2D eigenvalue weighted by atomic mass is 10.1. The molecular formula is C15H14F3IN2S. The van der Waals surface area contributed by atoms with E-state index in [9.17, 15) is 13.2 Å². The number of halogens is 4. The Hall–Kier alpha value is -0.960. The second kappa shape index (κ2) is 7.08. The highest BCUT2D eigenvalue weighted by atomic mass is 127. The number of alkyl halides is 3. The van der Waals surface area contributed by atoms with E-state index in [0.29, 0.717) is 10.6 Å². The van der Waals surface area contributed by atoms with Crippen molar-refractivity contribution in [3.63, 3.8) is 0 Å². The summed E-state index contributed by atoms with van der Waals surface area (Å²) < 4.78 is 42.4. The van der Waals surface area contributed by atoms with Crippen molar-refractivity contribution in [3.8, 4) is 11.3 Å². The summed E-state index contributed by atoms with van der Waals surface area (Å²) in [7, 11) is 1.85. The summed E-state index contributed by atoms with van der Waals surface area (Å²) in [6.07, 6.45) is -0.793. The molecule has 0 atom stereocenters. The van der Waals surface area contributed by atoms with Gasteiger partial charge in [0.25, 0.3) is 0 Å². The van der Waals surface area contributed by atoms with Crippen molar-refractivity contribution in [3.05, 3.63) is 39.9 Å². The van der Waals surface area contributed by atoms with Crippen molar-refractivity contribution in [2.24, 2.45) is 7.05 Å². The van der Waals surface area contributed by atoms with Gasteiger partial charge < -0.3 is 4.57 Å². The number of nitrogens with zero attached hydrogens (tertiary/aromatic N) is 2. The molecular weight excluding hydrogens is 424 g/mol. The maximum Gasteiger partial charge on any atom is 0.416 e. The number of aromatic nitrogens is 2. The van der Waals surface area contributed by atoms with Gasteiger partial charge in [-0.3, -0.25) is 0 Å². The van der Waals surface area contributed by atoms with Gasteiger partial charge in [0, 0.05) is 17.5 Å². The van der Waals surface area contributed by atoms with Gasteiger partial charge in [-0.25, -0.2) is 4.98 Å². The quantitative estimate of drug-likeness (QED) is 0.456. The van der Waals surface area contributed by atoms with Crippen LogP contribution in [-0.4, -0.2) is 15.3 Å². The highest BCUT2D eigenvalue weighted by molar-refractivity contribution is 14.1. The van der Waals surface area contributed by atoms with E-state index in [1.807, 2.05) is 28.7 Å². The minimum atomic E-state index is -4.33. The maximum atomic E-state index is 12.9. The van der Waals surface area contributed by atoms with E-state index < -0.39 is 11.7 Å². The molecule has 0 saturated carbocycles. The highest BCUT2D eigenvalue weighted by Gasteiger charge is 2.31. The third-order valence-electron chi connectivity index (χ3n) is 3.12. The molecule has 7 heteroatoms. The molecule has 0 spiro atoms. The fourth-order valence-corrected chi connectivity index (χ4v) is 3.24. The molecule has 1 aromatic carbocycles. The standard InChI is InChI=1S/C15H14F3IN2S/c1-3-22-13-8-10(15(16,17)18)4-5-11(13)12-9-20-14(6-7-19)21(12)2/h4-9H,3H2,1-2H3. The third kappa shape index (κ3) is 3.68. The minimum absolute atomic E-state index is 0.616. The Morgan fingerprint density at radius 1 is 1.36 bits per heavy atom. The Morgan fingerprint density at radius 3 is 2.68 bits per heavy atom. The first-order chi connectivity index (χ1) is 10.4. The van der Waals surface area contributed by atoms with Crippen LogP contribution in [0.3, 0.4) is 0 Å². The van der Waals surface area contributed by atoms with Crippen molar-refractivity contribution in [1.29, 1.82) is 0 Å². The first kappa shape index (κ1) is 17.4. The first-order valence-corrected chi connectivity index (χ1v) is 8.74. The summed E-state index contributed by atoms with van der Waals surface area (Å²) in [5, 5.41) is 0. The van der Waals surface area contributed by atoms with E-state index in [4.69, 9.17) is 0 Å². The Balaban J connectivity index is 2.55. The van der Waals surface area contributed by atoms with Gasteiger partial charge in [-0.15, -0.1) is 11.8 Å². The van der Waals surface area contributed by atoms with Crippen LogP contribution in [0.4, 0.5) is 13.2 Å². The number of imidazole rings is 1. The van der Waals surface area contributed by atoms with E-state index in [1.54, 1.807) is 6.20 Å². The largest absolute Gasteiger partial charge is 0.416 e. The van der Waals surface area contributed by atoms with E-state index in [-0.39, 0.29) is 0 Å². The second-order valence-electron chi connectivity index (χ2n) is 4.50. The van der Waals surface area contributed by atoms with Crippen LogP contribution in [0.5, 0.6) is 0 Å². The zero-order valence-electron chi connectivity index (χ0n) is 12.0. The average molecular weight is 438 g/mol. The maximum absolute atomic E-state index is 12.9. The molecule has 22 heavy (non-hydrogen) atoms. The van der Waals surface area contributed by atoms with Gasteiger partial charge in [-0.05, 0) is 28.0 Å². The normalized spacial score (nSPS) is 12.3. The molecule has 0 N–H and O–H groups in total. The monoisotopic (exact) mass is 438 g/mol. The Labute approximate surface area is 145 Å². The molecule has 2 aromatic rings. The van der Waals surface area contributed by atoms with Gasteiger partial charge in [0.1, 0.15) is 5.82 Å². The fourth-order valence-electron chi connectivity index (χ4n) is 2.07. The van der Waals surface area contributed by atoms with Gasteiger partial charge in [0.05, 0.1) is 17.5 Å². The van der Waals surface area contributed by atoms with Gasteiger partial charge >= 0.3 is 6.18 Å². The summed E-state index contributed by atoms with van der Waals surface area (Å²) in [5.41, 5.74) is 0.943. The zero-order valence-corrected chi connectivity index (χ0v) is 15.0.